The summed E-state index contributed by atoms with van der Waals surface area (Å²) >= 11 is 0. The Labute approximate surface area is 97.4 Å². The number of nitrogens with one attached hydrogen (secondary N) is 2. The molecule has 1 unspecified atom stereocenters. The molecule has 4 heteroatoms. The predicted octanol–water partition coefficient (Wildman–Crippen LogP) is 1.37. The molecule has 1 aromatic rings. The SMILES string of the molecule is CCN1CCCCC1CNCc1ncc[nH]1. The number of hydrogen-bond donors (Lipinski definition) is 2. The molecule has 0 spiro atoms. The first-order chi connectivity index (χ1) is 7.90. The highest BCUT2D eigenvalue weighted by molar-refractivity contribution is 4.87. The van der Waals surface area contributed by atoms with Gasteiger partial charge in [-0.15, -0.1) is 0 Å². The van der Waals surface area contributed by atoms with Crippen LogP contribution in [0.2, 0.25) is 0 Å². The van der Waals surface area contributed by atoms with Crippen molar-refractivity contribution < 1.29 is 0 Å². The Morgan fingerprint density at radius 1 is 1.56 bits per heavy atom. The van der Waals surface area contributed by atoms with E-state index in [4.69, 9.17) is 0 Å². The van der Waals surface area contributed by atoms with Crippen molar-refractivity contribution in [3.63, 3.8) is 0 Å². The van der Waals surface area contributed by atoms with Crippen molar-refractivity contribution in [1.82, 2.24) is 20.2 Å². The van der Waals surface area contributed by atoms with Gasteiger partial charge in [0.25, 0.3) is 0 Å². The first-order valence-corrected chi connectivity index (χ1v) is 6.33. The number of aromatic amines is 1. The van der Waals surface area contributed by atoms with Crippen LogP contribution >= 0.6 is 0 Å². The average molecular weight is 222 g/mol. The minimum absolute atomic E-state index is 0.716. The molecule has 0 bridgehead atoms. The number of nitrogens with zero attached hydrogens (tertiary/aromatic N) is 2. The molecular weight excluding hydrogens is 200 g/mol. The number of imidazole rings is 1. The number of rotatable bonds is 5. The molecule has 0 aliphatic carbocycles. The highest BCUT2D eigenvalue weighted by Gasteiger charge is 2.20. The van der Waals surface area contributed by atoms with Crippen molar-refractivity contribution in [2.24, 2.45) is 0 Å². The number of H-pyrrole nitrogens is 1. The zero-order valence-corrected chi connectivity index (χ0v) is 10.1. The monoisotopic (exact) mass is 222 g/mol. The molecule has 0 aromatic carbocycles. The summed E-state index contributed by atoms with van der Waals surface area (Å²) in [5.74, 6) is 1.03. The van der Waals surface area contributed by atoms with Gasteiger partial charge in [-0.1, -0.05) is 13.3 Å². The van der Waals surface area contributed by atoms with E-state index >= 15 is 0 Å². The number of likely N-dealkylation sites (tertiary alicyclic amines) is 1. The van der Waals surface area contributed by atoms with Gasteiger partial charge in [-0.3, -0.25) is 4.90 Å². The van der Waals surface area contributed by atoms with E-state index in [1.54, 1.807) is 6.20 Å². The normalized spacial score (nSPS) is 22.4. The van der Waals surface area contributed by atoms with Crippen molar-refractivity contribution in [2.45, 2.75) is 38.8 Å². The van der Waals surface area contributed by atoms with E-state index in [1.807, 2.05) is 6.20 Å². The fourth-order valence-corrected chi connectivity index (χ4v) is 2.46. The molecule has 2 N–H and O–H groups in total. The fourth-order valence-electron chi connectivity index (χ4n) is 2.46. The lowest BCUT2D eigenvalue weighted by Gasteiger charge is -2.34. The highest BCUT2D eigenvalue weighted by Crippen LogP contribution is 2.15. The first-order valence-electron chi connectivity index (χ1n) is 6.33. The van der Waals surface area contributed by atoms with Crippen molar-refractivity contribution in [3.8, 4) is 0 Å². The maximum absolute atomic E-state index is 4.21. The Morgan fingerprint density at radius 3 is 3.25 bits per heavy atom. The van der Waals surface area contributed by atoms with Crippen LogP contribution in [0.1, 0.15) is 32.0 Å². The molecule has 90 valence electrons. The van der Waals surface area contributed by atoms with E-state index in [0.29, 0.717) is 6.04 Å². The van der Waals surface area contributed by atoms with E-state index in [1.165, 1.54) is 32.4 Å². The third-order valence-electron chi connectivity index (χ3n) is 3.38. The van der Waals surface area contributed by atoms with E-state index in [9.17, 15) is 0 Å². The first kappa shape index (κ1) is 11.6. The minimum atomic E-state index is 0.716. The minimum Gasteiger partial charge on any atom is -0.348 e. The molecule has 0 amide bonds. The van der Waals surface area contributed by atoms with Crippen molar-refractivity contribution >= 4 is 0 Å². The largest absolute Gasteiger partial charge is 0.348 e. The fraction of sp³-hybridized carbons (Fsp3) is 0.750. The molecule has 1 saturated heterocycles. The summed E-state index contributed by atoms with van der Waals surface area (Å²) in [5, 5.41) is 3.49. The zero-order chi connectivity index (χ0) is 11.2. The van der Waals surface area contributed by atoms with Crippen molar-refractivity contribution in [1.29, 1.82) is 0 Å². The van der Waals surface area contributed by atoms with E-state index in [2.05, 4.69) is 27.1 Å². The summed E-state index contributed by atoms with van der Waals surface area (Å²) in [5.41, 5.74) is 0. The number of likely N-dealkylation sites (N-methyl/N-ethyl adjacent to an activating group) is 1. The molecule has 0 saturated carbocycles. The lowest BCUT2D eigenvalue weighted by atomic mass is 10.0. The van der Waals surface area contributed by atoms with Gasteiger partial charge in [0.1, 0.15) is 5.82 Å². The molecule has 0 radical (unpaired) electrons. The van der Waals surface area contributed by atoms with Crippen LogP contribution in [-0.4, -0.2) is 40.5 Å². The number of hydrogen-bond acceptors (Lipinski definition) is 3. The molecule has 2 rings (SSSR count). The quantitative estimate of drug-likeness (QED) is 0.791. The van der Waals surface area contributed by atoms with Gasteiger partial charge in [0.05, 0.1) is 6.54 Å². The summed E-state index contributed by atoms with van der Waals surface area (Å²) in [6.07, 6.45) is 7.75. The van der Waals surface area contributed by atoms with Gasteiger partial charge in [-0.25, -0.2) is 4.98 Å². The molecule has 1 fully saturated rings. The average Bonchev–Trinajstić information content (AvgIpc) is 2.83. The number of aromatic nitrogens is 2. The summed E-state index contributed by atoms with van der Waals surface area (Å²) < 4.78 is 0. The lowest BCUT2D eigenvalue weighted by Crippen LogP contribution is -2.45. The molecule has 1 aliphatic heterocycles. The molecular formula is C12H22N4. The smallest absolute Gasteiger partial charge is 0.120 e. The van der Waals surface area contributed by atoms with Gasteiger partial charge in [0.2, 0.25) is 0 Å². The maximum Gasteiger partial charge on any atom is 0.120 e. The van der Waals surface area contributed by atoms with Crippen LogP contribution in [0.3, 0.4) is 0 Å². The second kappa shape index (κ2) is 6.01. The van der Waals surface area contributed by atoms with Crippen molar-refractivity contribution in [3.05, 3.63) is 18.2 Å². The maximum atomic E-state index is 4.21. The van der Waals surface area contributed by atoms with Crippen LogP contribution in [0.4, 0.5) is 0 Å². The summed E-state index contributed by atoms with van der Waals surface area (Å²) in [4.78, 5) is 9.90. The molecule has 1 aromatic heterocycles. The van der Waals surface area contributed by atoms with Crippen molar-refractivity contribution in [2.75, 3.05) is 19.6 Å². The van der Waals surface area contributed by atoms with E-state index < -0.39 is 0 Å². The Kier molecular flexibility index (Phi) is 4.36. The molecule has 16 heavy (non-hydrogen) atoms. The summed E-state index contributed by atoms with van der Waals surface area (Å²) in [7, 11) is 0. The Balaban J connectivity index is 1.71. The van der Waals surface area contributed by atoms with Gasteiger partial charge in [-0.05, 0) is 25.9 Å². The summed E-state index contributed by atoms with van der Waals surface area (Å²) in [6, 6.07) is 0.716. The van der Waals surface area contributed by atoms with Crippen LogP contribution in [0.25, 0.3) is 0 Å². The van der Waals surface area contributed by atoms with Crippen LogP contribution in [0.15, 0.2) is 12.4 Å². The Morgan fingerprint density at radius 2 is 2.50 bits per heavy atom. The Hall–Kier alpha value is -0.870. The third-order valence-corrected chi connectivity index (χ3v) is 3.38. The summed E-state index contributed by atoms with van der Waals surface area (Å²) in [6.45, 7) is 6.62. The second-order valence-electron chi connectivity index (χ2n) is 4.44. The van der Waals surface area contributed by atoms with Gasteiger partial charge < -0.3 is 10.3 Å². The number of piperidine rings is 1. The van der Waals surface area contributed by atoms with Gasteiger partial charge >= 0.3 is 0 Å². The van der Waals surface area contributed by atoms with Crippen LogP contribution in [-0.2, 0) is 6.54 Å². The molecule has 1 aliphatic rings. The van der Waals surface area contributed by atoms with Crippen LogP contribution in [0, 0.1) is 0 Å². The second-order valence-corrected chi connectivity index (χ2v) is 4.44. The Bertz CT molecular complexity index is 283. The standard InChI is InChI=1S/C12H22N4/c1-2-16-8-4-3-5-11(16)9-13-10-12-14-6-7-15-12/h6-7,11,13H,2-5,8-10H2,1H3,(H,14,15). The lowest BCUT2D eigenvalue weighted by molar-refractivity contribution is 0.153. The zero-order valence-electron chi connectivity index (χ0n) is 10.1. The van der Waals surface area contributed by atoms with Crippen LogP contribution < -0.4 is 5.32 Å². The van der Waals surface area contributed by atoms with Gasteiger partial charge in [0.15, 0.2) is 0 Å². The third kappa shape index (κ3) is 3.06. The van der Waals surface area contributed by atoms with Crippen LogP contribution in [0.5, 0.6) is 0 Å². The van der Waals surface area contributed by atoms with E-state index in [0.717, 1.165) is 18.9 Å². The molecule has 2 heterocycles. The van der Waals surface area contributed by atoms with Gasteiger partial charge in [-0.2, -0.15) is 0 Å². The highest BCUT2D eigenvalue weighted by atomic mass is 15.2. The predicted molar refractivity (Wildman–Crippen MR) is 65.2 cm³/mol. The molecule has 1 atom stereocenters. The van der Waals surface area contributed by atoms with E-state index in [-0.39, 0.29) is 0 Å². The van der Waals surface area contributed by atoms with Gasteiger partial charge in [0, 0.05) is 25.0 Å². The molecule has 4 nitrogen and oxygen atoms in total. The topological polar surface area (TPSA) is 44.0 Å².